The van der Waals surface area contributed by atoms with Crippen molar-refractivity contribution in [3.63, 3.8) is 0 Å². The van der Waals surface area contributed by atoms with Gasteiger partial charge in [-0.1, -0.05) is 17.7 Å². The lowest BCUT2D eigenvalue weighted by Gasteiger charge is -2.42. The largest absolute Gasteiger partial charge is 0.394 e. The van der Waals surface area contributed by atoms with E-state index < -0.39 is 0 Å². The van der Waals surface area contributed by atoms with Gasteiger partial charge in [-0.2, -0.15) is 0 Å². The fourth-order valence-electron chi connectivity index (χ4n) is 3.32. The maximum Gasteiger partial charge on any atom is 0.0614 e. The number of aryl methyl sites for hydroxylation is 3. The summed E-state index contributed by atoms with van der Waals surface area (Å²) in [7, 11) is 1.95. The summed E-state index contributed by atoms with van der Waals surface area (Å²) in [5.74, 6) is 0. The van der Waals surface area contributed by atoms with Gasteiger partial charge in [-0.25, -0.2) is 0 Å². The highest BCUT2D eigenvalue weighted by molar-refractivity contribution is 5.60. The summed E-state index contributed by atoms with van der Waals surface area (Å²) >= 11 is 0. The Hall–Kier alpha value is -1.06. The van der Waals surface area contributed by atoms with Gasteiger partial charge >= 0.3 is 0 Å². The molecule has 0 atom stereocenters. The summed E-state index contributed by atoms with van der Waals surface area (Å²) in [6.45, 7) is 8.78. The van der Waals surface area contributed by atoms with E-state index in [4.69, 9.17) is 0 Å². The molecule has 19 heavy (non-hydrogen) atoms. The van der Waals surface area contributed by atoms with Crippen LogP contribution in [-0.4, -0.2) is 37.4 Å². The predicted molar refractivity (Wildman–Crippen MR) is 81.0 cm³/mol. The molecule has 1 fully saturated rings. The van der Waals surface area contributed by atoms with Crippen LogP contribution in [0.25, 0.3) is 0 Å². The lowest BCUT2D eigenvalue weighted by Crippen LogP contribution is -2.54. The molecule has 0 bridgehead atoms. The molecule has 2 N–H and O–H groups in total. The topological polar surface area (TPSA) is 35.5 Å². The maximum absolute atomic E-state index is 9.56. The lowest BCUT2D eigenvalue weighted by atomic mass is 9.87. The van der Waals surface area contributed by atoms with Crippen LogP contribution in [0.5, 0.6) is 0 Å². The first-order chi connectivity index (χ1) is 9.01. The van der Waals surface area contributed by atoms with Crippen LogP contribution >= 0.6 is 0 Å². The minimum absolute atomic E-state index is 0.0804. The molecule has 3 heteroatoms. The van der Waals surface area contributed by atoms with Gasteiger partial charge in [0.2, 0.25) is 0 Å². The molecule has 1 aliphatic heterocycles. The highest BCUT2D eigenvalue weighted by atomic mass is 16.3. The summed E-state index contributed by atoms with van der Waals surface area (Å²) < 4.78 is 0. The van der Waals surface area contributed by atoms with Gasteiger partial charge in [0.15, 0.2) is 0 Å². The number of piperidine rings is 1. The molecule has 0 unspecified atom stereocenters. The van der Waals surface area contributed by atoms with Crippen molar-refractivity contribution < 1.29 is 5.11 Å². The van der Waals surface area contributed by atoms with E-state index in [1.54, 1.807) is 0 Å². The summed E-state index contributed by atoms with van der Waals surface area (Å²) in [6.07, 6.45) is 1.99. The van der Waals surface area contributed by atoms with E-state index in [-0.39, 0.29) is 12.1 Å². The summed E-state index contributed by atoms with van der Waals surface area (Å²) in [5.41, 5.74) is 5.35. The van der Waals surface area contributed by atoms with Gasteiger partial charge in [0, 0.05) is 24.3 Å². The van der Waals surface area contributed by atoms with Crippen molar-refractivity contribution in [1.29, 1.82) is 0 Å². The van der Waals surface area contributed by atoms with Gasteiger partial charge in [0.05, 0.1) is 6.61 Å². The van der Waals surface area contributed by atoms with Crippen LogP contribution in [0.2, 0.25) is 0 Å². The van der Waals surface area contributed by atoms with Crippen molar-refractivity contribution in [3.05, 3.63) is 28.8 Å². The second-order valence-electron chi connectivity index (χ2n) is 5.92. The number of rotatable bonds is 3. The third kappa shape index (κ3) is 2.77. The summed E-state index contributed by atoms with van der Waals surface area (Å²) in [5, 5.41) is 12.9. The Balaban J connectivity index is 2.18. The molecule has 0 aromatic heterocycles. The SMILES string of the molecule is CNC1(CO)CCN(c2c(C)cc(C)cc2C)CC1. The number of aliphatic hydroxyl groups excluding tert-OH is 1. The highest BCUT2D eigenvalue weighted by Crippen LogP contribution is 2.31. The second kappa shape index (κ2) is 5.51. The fraction of sp³-hybridized carbons (Fsp3) is 0.625. The van der Waals surface area contributed by atoms with Crippen LogP contribution in [0, 0.1) is 20.8 Å². The van der Waals surface area contributed by atoms with Crippen LogP contribution in [0.4, 0.5) is 5.69 Å². The molecular weight excluding hydrogens is 236 g/mol. The van der Waals surface area contributed by atoms with E-state index >= 15 is 0 Å². The van der Waals surface area contributed by atoms with Crippen LogP contribution < -0.4 is 10.2 Å². The Morgan fingerprint density at radius 1 is 1.16 bits per heavy atom. The van der Waals surface area contributed by atoms with Crippen molar-refractivity contribution in [2.75, 3.05) is 31.6 Å². The molecule has 2 rings (SSSR count). The highest BCUT2D eigenvalue weighted by Gasteiger charge is 2.33. The van der Waals surface area contributed by atoms with Crippen LogP contribution in [0.1, 0.15) is 29.5 Å². The minimum Gasteiger partial charge on any atom is -0.394 e. The third-order valence-electron chi connectivity index (χ3n) is 4.51. The number of likely N-dealkylation sites (N-methyl/N-ethyl adjacent to an activating group) is 1. The monoisotopic (exact) mass is 262 g/mol. The first kappa shape index (κ1) is 14.4. The second-order valence-corrected chi connectivity index (χ2v) is 5.92. The Labute approximate surface area is 116 Å². The number of nitrogens with one attached hydrogen (secondary N) is 1. The van der Waals surface area contributed by atoms with E-state index in [0.717, 1.165) is 25.9 Å². The van der Waals surface area contributed by atoms with Crippen molar-refractivity contribution >= 4 is 5.69 Å². The first-order valence-electron chi connectivity index (χ1n) is 7.14. The van der Waals surface area contributed by atoms with E-state index in [2.05, 4.69) is 43.1 Å². The number of benzene rings is 1. The Kier molecular flexibility index (Phi) is 4.16. The van der Waals surface area contributed by atoms with Crippen molar-refractivity contribution in [2.45, 2.75) is 39.2 Å². The zero-order chi connectivity index (χ0) is 14.0. The summed E-state index contributed by atoms with van der Waals surface area (Å²) in [4.78, 5) is 2.47. The number of aliphatic hydroxyl groups is 1. The molecule has 1 aliphatic rings. The maximum atomic E-state index is 9.56. The van der Waals surface area contributed by atoms with Crippen molar-refractivity contribution in [1.82, 2.24) is 5.32 Å². The minimum atomic E-state index is -0.0804. The average Bonchev–Trinajstić information content (AvgIpc) is 2.39. The molecule has 1 aromatic rings. The summed E-state index contributed by atoms with van der Waals surface area (Å²) in [6, 6.07) is 4.52. The van der Waals surface area contributed by atoms with Gasteiger partial charge < -0.3 is 15.3 Å². The molecule has 1 saturated heterocycles. The van der Waals surface area contributed by atoms with E-state index in [1.165, 1.54) is 22.4 Å². The predicted octanol–water partition coefficient (Wildman–Crippen LogP) is 2.16. The van der Waals surface area contributed by atoms with E-state index in [9.17, 15) is 5.11 Å². The molecule has 0 radical (unpaired) electrons. The smallest absolute Gasteiger partial charge is 0.0614 e. The molecule has 1 heterocycles. The number of hydrogen-bond acceptors (Lipinski definition) is 3. The fourth-order valence-corrected chi connectivity index (χ4v) is 3.32. The lowest BCUT2D eigenvalue weighted by molar-refractivity contribution is 0.142. The zero-order valence-corrected chi connectivity index (χ0v) is 12.6. The third-order valence-corrected chi connectivity index (χ3v) is 4.51. The first-order valence-corrected chi connectivity index (χ1v) is 7.14. The number of anilines is 1. The quantitative estimate of drug-likeness (QED) is 0.876. The van der Waals surface area contributed by atoms with Crippen molar-refractivity contribution in [3.8, 4) is 0 Å². The molecule has 0 saturated carbocycles. The normalized spacial score (nSPS) is 18.7. The molecule has 3 nitrogen and oxygen atoms in total. The van der Waals surface area contributed by atoms with Gasteiger partial charge in [0.25, 0.3) is 0 Å². The standard InChI is InChI=1S/C16H26N2O/c1-12-9-13(2)15(14(3)10-12)18-7-5-16(11-19,17-4)6-8-18/h9-10,17,19H,5-8,11H2,1-4H3. The van der Waals surface area contributed by atoms with Crippen LogP contribution in [0.15, 0.2) is 12.1 Å². The molecule has 0 amide bonds. The number of hydrogen-bond donors (Lipinski definition) is 2. The zero-order valence-electron chi connectivity index (χ0n) is 12.6. The molecule has 0 aliphatic carbocycles. The van der Waals surface area contributed by atoms with Crippen molar-refractivity contribution in [2.24, 2.45) is 0 Å². The number of nitrogens with zero attached hydrogens (tertiary/aromatic N) is 1. The van der Waals surface area contributed by atoms with E-state index in [1.807, 2.05) is 7.05 Å². The Morgan fingerprint density at radius 2 is 1.68 bits per heavy atom. The van der Waals surface area contributed by atoms with Crippen LogP contribution in [-0.2, 0) is 0 Å². The van der Waals surface area contributed by atoms with E-state index in [0.29, 0.717) is 0 Å². The van der Waals surface area contributed by atoms with Gasteiger partial charge in [-0.05, 0) is 51.8 Å². The molecule has 1 aromatic carbocycles. The molecule has 106 valence electrons. The van der Waals surface area contributed by atoms with Gasteiger partial charge in [-0.15, -0.1) is 0 Å². The van der Waals surface area contributed by atoms with Gasteiger partial charge in [0.1, 0.15) is 0 Å². The molecule has 0 spiro atoms. The van der Waals surface area contributed by atoms with Crippen LogP contribution in [0.3, 0.4) is 0 Å². The van der Waals surface area contributed by atoms with Gasteiger partial charge in [-0.3, -0.25) is 0 Å². The average molecular weight is 262 g/mol. The Morgan fingerprint density at radius 3 is 2.11 bits per heavy atom. The Bertz CT molecular complexity index is 419. The molecular formula is C16H26N2O.